The van der Waals surface area contributed by atoms with Gasteiger partial charge in [-0.2, -0.15) is 9.19 Å². The topological polar surface area (TPSA) is 27.1 Å². The second kappa shape index (κ2) is 3.45. The van der Waals surface area contributed by atoms with E-state index in [2.05, 4.69) is 5.10 Å². The second-order valence-electron chi connectivity index (χ2n) is 2.63. The Hall–Kier alpha value is -1.30. The summed E-state index contributed by atoms with van der Waals surface area (Å²) in [5.41, 5.74) is 0.356. The molecule has 0 unspecified atom stereocenters. The zero-order valence-corrected chi connectivity index (χ0v) is 8.02. The number of fused-ring (bicyclic) bond motifs is 1. The van der Waals surface area contributed by atoms with Crippen molar-refractivity contribution in [3.63, 3.8) is 0 Å². The van der Waals surface area contributed by atoms with Crippen molar-refractivity contribution >= 4 is 23.2 Å². The summed E-state index contributed by atoms with van der Waals surface area (Å²) in [5, 5.41) is 4.30. The summed E-state index contributed by atoms with van der Waals surface area (Å²) >= 11 is -0.0838. The summed E-state index contributed by atoms with van der Waals surface area (Å²) in [6.45, 7) is 0. The fraction of sp³-hybridized carbons (Fsp3) is 0.125. The van der Waals surface area contributed by atoms with Gasteiger partial charge < -0.3 is 4.74 Å². The van der Waals surface area contributed by atoms with Crippen LogP contribution in [-0.4, -0.2) is 16.3 Å². The van der Waals surface area contributed by atoms with E-state index < -0.39 is 5.82 Å². The molecule has 0 radical (unpaired) electrons. The highest BCUT2D eigenvalue weighted by Gasteiger charge is 2.10. The molecular formula is C8H6F2N2OS. The van der Waals surface area contributed by atoms with Crippen LogP contribution in [0.2, 0.25) is 0 Å². The van der Waals surface area contributed by atoms with Crippen molar-refractivity contribution in [2.75, 3.05) is 7.11 Å². The van der Waals surface area contributed by atoms with Gasteiger partial charge in [-0.1, -0.05) is 0 Å². The smallest absolute Gasteiger partial charge is 0.188 e. The van der Waals surface area contributed by atoms with E-state index in [1.165, 1.54) is 25.4 Å². The fourth-order valence-electron chi connectivity index (χ4n) is 1.26. The van der Waals surface area contributed by atoms with E-state index in [9.17, 15) is 8.28 Å². The Kier molecular flexibility index (Phi) is 2.28. The molecule has 0 aliphatic carbocycles. The predicted octanol–water partition coefficient (Wildman–Crippen LogP) is 2.56. The average molecular weight is 216 g/mol. The quantitative estimate of drug-likeness (QED) is 0.772. The molecule has 0 aliphatic rings. The number of halogens is 2. The zero-order valence-electron chi connectivity index (χ0n) is 7.20. The number of methoxy groups -OCH3 is 1. The lowest BCUT2D eigenvalue weighted by Gasteiger charge is -2.01. The van der Waals surface area contributed by atoms with Crippen LogP contribution in [0.25, 0.3) is 10.9 Å². The second-order valence-corrected chi connectivity index (χ2v) is 3.11. The normalized spacial score (nSPS) is 10.8. The van der Waals surface area contributed by atoms with Crippen molar-refractivity contribution in [2.45, 2.75) is 0 Å². The predicted molar refractivity (Wildman–Crippen MR) is 50.3 cm³/mol. The summed E-state index contributed by atoms with van der Waals surface area (Å²) in [5.74, 6) is -0.134. The number of hydrogen-bond donors (Lipinski definition) is 0. The lowest BCUT2D eigenvalue weighted by atomic mass is 10.2. The molecule has 0 saturated heterocycles. The van der Waals surface area contributed by atoms with Crippen molar-refractivity contribution in [1.29, 1.82) is 0 Å². The molecule has 0 saturated carbocycles. The Morgan fingerprint density at radius 3 is 2.93 bits per heavy atom. The number of hydrogen-bond acceptors (Lipinski definition) is 3. The average Bonchev–Trinajstić information content (AvgIpc) is 2.59. The number of ether oxygens (including phenoxy) is 1. The molecule has 0 amide bonds. The first-order valence-corrected chi connectivity index (χ1v) is 4.44. The molecule has 0 spiro atoms. The van der Waals surface area contributed by atoms with E-state index in [0.29, 0.717) is 16.7 Å². The highest BCUT2D eigenvalue weighted by molar-refractivity contribution is 7.92. The summed E-state index contributed by atoms with van der Waals surface area (Å²) < 4.78 is 31.3. The maximum atomic E-state index is 13.0. The Morgan fingerprint density at radius 2 is 2.29 bits per heavy atom. The minimum atomic E-state index is -0.481. The molecule has 0 atom stereocenters. The van der Waals surface area contributed by atoms with E-state index in [1.54, 1.807) is 0 Å². The van der Waals surface area contributed by atoms with Gasteiger partial charge >= 0.3 is 0 Å². The molecule has 3 nitrogen and oxygen atoms in total. The van der Waals surface area contributed by atoms with Crippen LogP contribution in [0.3, 0.4) is 0 Å². The SMILES string of the molecule is COc1cc(F)cc2c1cnn2SF. The van der Waals surface area contributed by atoms with E-state index in [4.69, 9.17) is 4.74 Å². The van der Waals surface area contributed by atoms with Gasteiger partial charge in [0.05, 0.1) is 24.2 Å². The monoisotopic (exact) mass is 216 g/mol. The number of aromatic nitrogens is 2. The first-order chi connectivity index (χ1) is 6.76. The maximum Gasteiger partial charge on any atom is 0.188 e. The Morgan fingerprint density at radius 1 is 1.50 bits per heavy atom. The standard InChI is InChI=1S/C8H6F2N2OS/c1-13-8-3-5(9)2-7-6(8)4-11-12(7)14-10/h2-4H,1H3. The lowest BCUT2D eigenvalue weighted by molar-refractivity contribution is 0.416. The number of nitrogens with zero attached hydrogens (tertiary/aromatic N) is 2. The van der Waals surface area contributed by atoms with Crippen molar-refractivity contribution in [3.05, 3.63) is 24.1 Å². The van der Waals surface area contributed by atoms with Crippen LogP contribution in [0, 0.1) is 5.82 Å². The number of benzene rings is 1. The molecule has 1 aromatic heterocycles. The van der Waals surface area contributed by atoms with Gasteiger partial charge in [0.1, 0.15) is 11.6 Å². The largest absolute Gasteiger partial charge is 0.496 e. The molecular weight excluding hydrogens is 210 g/mol. The summed E-state index contributed by atoms with van der Waals surface area (Å²) in [6, 6.07) is 2.44. The fourth-order valence-corrected chi connectivity index (χ4v) is 1.57. The number of rotatable bonds is 2. The van der Waals surface area contributed by atoms with Gasteiger partial charge in [0.2, 0.25) is 0 Å². The molecule has 2 aromatic rings. The first kappa shape index (κ1) is 9.26. The van der Waals surface area contributed by atoms with Gasteiger partial charge in [0.25, 0.3) is 0 Å². The molecule has 0 fully saturated rings. The minimum Gasteiger partial charge on any atom is -0.496 e. The van der Waals surface area contributed by atoms with Crippen LogP contribution in [0.15, 0.2) is 18.3 Å². The molecule has 0 N–H and O–H groups in total. The van der Waals surface area contributed by atoms with Crippen molar-refractivity contribution in [1.82, 2.24) is 9.19 Å². The molecule has 1 aromatic carbocycles. The van der Waals surface area contributed by atoms with Crippen LogP contribution < -0.4 is 4.74 Å². The van der Waals surface area contributed by atoms with E-state index in [1.807, 2.05) is 0 Å². The molecule has 1 heterocycles. The Bertz CT molecular complexity index is 472. The minimum absolute atomic E-state index is 0.0838. The third-order valence-corrected chi connectivity index (χ3v) is 2.29. The summed E-state index contributed by atoms with van der Waals surface area (Å²) in [7, 11) is 1.42. The van der Waals surface area contributed by atoms with Gasteiger partial charge in [-0.15, -0.1) is 3.89 Å². The highest BCUT2D eigenvalue weighted by Crippen LogP contribution is 2.28. The van der Waals surface area contributed by atoms with Crippen LogP contribution in [0.4, 0.5) is 8.28 Å². The van der Waals surface area contributed by atoms with Gasteiger partial charge in [-0.25, -0.2) is 4.39 Å². The molecule has 0 aliphatic heterocycles. The Balaban J connectivity index is 2.76. The van der Waals surface area contributed by atoms with E-state index in [0.717, 1.165) is 4.09 Å². The van der Waals surface area contributed by atoms with Crippen LogP contribution in [0.1, 0.15) is 0 Å². The zero-order chi connectivity index (χ0) is 10.1. The molecule has 6 heteroatoms. The van der Waals surface area contributed by atoms with E-state index in [-0.39, 0.29) is 12.3 Å². The molecule has 0 bridgehead atoms. The summed E-state index contributed by atoms with van der Waals surface area (Å²) in [4.78, 5) is 0. The molecule has 2 rings (SSSR count). The van der Waals surface area contributed by atoms with Crippen LogP contribution in [0.5, 0.6) is 5.75 Å². The van der Waals surface area contributed by atoms with Gasteiger partial charge in [0, 0.05) is 12.1 Å². The molecule has 74 valence electrons. The van der Waals surface area contributed by atoms with Crippen LogP contribution in [-0.2, 0) is 0 Å². The van der Waals surface area contributed by atoms with Gasteiger partial charge in [-0.3, -0.25) is 0 Å². The highest BCUT2D eigenvalue weighted by atomic mass is 32.2. The first-order valence-electron chi connectivity index (χ1n) is 3.76. The van der Waals surface area contributed by atoms with Crippen molar-refractivity contribution < 1.29 is 13.0 Å². The third-order valence-electron chi connectivity index (χ3n) is 1.87. The Labute approximate surface area is 83.1 Å². The van der Waals surface area contributed by atoms with E-state index >= 15 is 0 Å². The summed E-state index contributed by atoms with van der Waals surface area (Å²) in [6.07, 6.45) is 1.43. The van der Waals surface area contributed by atoms with Gasteiger partial charge in [0.15, 0.2) is 12.3 Å². The maximum absolute atomic E-state index is 13.0. The van der Waals surface area contributed by atoms with Crippen LogP contribution >= 0.6 is 12.3 Å². The molecule has 14 heavy (non-hydrogen) atoms. The van der Waals surface area contributed by atoms with Crippen molar-refractivity contribution in [3.8, 4) is 5.75 Å². The third kappa shape index (κ3) is 1.31. The van der Waals surface area contributed by atoms with Gasteiger partial charge in [-0.05, 0) is 0 Å². The lowest BCUT2D eigenvalue weighted by Crippen LogP contribution is -1.88. The van der Waals surface area contributed by atoms with Crippen molar-refractivity contribution in [2.24, 2.45) is 0 Å².